The molecule has 0 aliphatic rings. The van der Waals surface area contributed by atoms with Gasteiger partial charge in [0.05, 0.1) is 12.8 Å². The van der Waals surface area contributed by atoms with Gasteiger partial charge in [-0.2, -0.15) is 0 Å². The Labute approximate surface area is 142 Å². The highest BCUT2D eigenvalue weighted by Gasteiger charge is 2.24. The van der Waals surface area contributed by atoms with Crippen LogP contribution in [-0.2, 0) is 4.74 Å². The molecule has 23 heavy (non-hydrogen) atoms. The molecule has 0 unspecified atom stereocenters. The molecule has 0 atom stereocenters. The number of amides is 1. The lowest BCUT2D eigenvalue weighted by Crippen LogP contribution is -2.41. The Kier molecular flexibility index (Phi) is 6.74. The molecule has 0 radical (unpaired) electrons. The summed E-state index contributed by atoms with van der Waals surface area (Å²) in [7, 11) is 1.66. The summed E-state index contributed by atoms with van der Waals surface area (Å²) < 4.78 is 5.17. The third kappa shape index (κ3) is 4.39. The normalized spacial score (nSPS) is 11.0. The number of thiazole rings is 1. The average molecular weight is 332 g/mol. The van der Waals surface area contributed by atoms with Crippen molar-refractivity contribution in [3.63, 3.8) is 0 Å². The monoisotopic (exact) mass is 332 g/mol. The van der Waals surface area contributed by atoms with Gasteiger partial charge in [-0.1, -0.05) is 44.2 Å². The van der Waals surface area contributed by atoms with Crippen LogP contribution in [0.4, 0.5) is 0 Å². The van der Waals surface area contributed by atoms with Crippen LogP contribution in [0.1, 0.15) is 36.4 Å². The summed E-state index contributed by atoms with van der Waals surface area (Å²) in [5.74, 6) is 0.0513. The van der Waals surface area contributed by atoms with Crippen LogP contribution in [0, 0.1) is 0 Å². The van der Waals surface area contributed by atoms with Crippen molar-refractivity contribution in [1.29, 1.82) is 0 Å². The topological polar surface area (TPSA) is 42.4 Å². The predicted molar refractivity (Wildman–Crippen MR) is 94.8 cm³/mol. The molecule has 0 aliphatic carbocycles. The summed E-state index contributed by atoms with van der Waals surface area (Å²) >= 11 is 1.45. The van der Waals surface area contributed by atoms with Crippen LogP contribution in [0.25, 0.3) is 10.6 Å². The molecule has 2 rings (SSSR count). The zero-order valence-electron chi connectivity index (χ0n) is 14.0. The summed E-state index contributed by atoms with van der Waals surface area (Å²) in [5.41, 5.74) is 1.04. The summed E-state index contributed by atoms with van der Waals surface area (Å²) in [6, 6.07) is 10.2. The van der Waals surface area contributed by atoms with Gasteiger partial charge in [0.25, 0.3) is 5.91 Å². The molecule has 124 valence electrons. The van der Waals surface area contributed by atoms with Crippen LogP contribution in [0.5, 0.6) is 0 Å². The number of nitrogens with zero attached hydrogens (tertiary/aromatic N) is 2. The molecule has 1 aromatic heterocycles. The van der Waals surface area contributed by atoms with Gasteiger partial charge in [0.2, 0.25) is 0 Å². The minimum atomic E-state index is 0.0513. The maximum atomic E-state index is 12.9. The Balaban J connectivity index is 2.21. The van der Waals surface area contributed by atoms with E-state index in [1.807, 2.05) is 35.2 Å². The highest BCUT2D eigenvalue weighted by molar-refractivity contribution is 7.16. The number of carbonyl (C=O) groups is 1. The predicted octanol–water partition coefficient (Wildman–Crippen LogP) is 4.09. The fourth-order valence-electron chi connectivity index (χ4n) is 2.60. The van der Waals surface area contributed by atoms with E-state index >= 15 is 0 Å². The fourth-order valence-corrected chi connectivity index (χ4v) is 3.48. The van der Waals surface area contributed by atoms with Crippen LogP contribution >= 0.6 is 11.3 Å². The van der Waals surface area contributed by atoms with Gasteiger partial charge < -0.3 is 9.64 Å². The zero-order chi connectivity index (χ0) is 16.7. The molecule has 0 spiro atoms. The van der Waals surface area contributed by atoms with Gasteiger partial charge in [-0.3, -0.25) is 4.79 Å². The van der Waals surface area contributed by atoms with E-state index in [-0.39, 0.29) is 11.9 Å². The van der Waals surface area contributed by atoms with Crippen molar-refractivity contribution >= 4 is 17.2 Å². The molecule has 0 N–H and O–H groups in total. The van der Waals surface area contributed by atoms with Gasteiger partial charge in [0.15, 0.2) is 0 Å². The quantitative estimate of drug-likeness (QED) is 0.731. The molecular weight excluding hydrogens is 308 g/mol. The van der Waals surface area contributed by atoms with E-state index in [1.165, 1.54) is 11.3 Å². The highest BCUT2D eigenvalue weighted by atomic mass is 32.1. The Hall–Kier alpha value is -1.72. The molecule has 4 nitrogen and oxygen atoms in total. The van der Waals surface area contributed by atoms with E-state index in [0.717, 1.165) is 23.4 Å². The Morgan fingerprint density at radius 2 is 1.96 bits per heavy atom. The molecule has 2 aromatic rings. The number of hydrogen-bond acceptors (Lipinski definition) is 4. The van der Waals surface area contributed by atoms with Crippen molar-refractivity contribution in [2.75, 3.05) is 20.3 Å². The zero-order valence-corrected chi connectivity index (χ0v) is 14.8. The van der Waals surface area contributed by atoms with Crippen LogP contribution in [0.15, 0.2) is 36.5 Å². The molecule has 1 amide bonds. The molecule has 1 heterocycles. The second-order valence-corrected chi connectivity index (χ2v) is 6.39. The summed E-state index contributed by atoms with van der Waals surface area (Å²) in [5, 5.41) is 0.880. The SMILES string of the molecule is CCC(CC)N(CCOC)C(=O)c1cnc(-c2ccccc2)s1. The minimum Gasteiger partial charge on any atom is -0.383 e. The lowest BCUT2D eigenvalue weighted by atomic mass is 10.1. The number of aromatic nitrogens is 1. The third-order valence-corrected chi connectivity index (χ3v) is 4.95. The average Bonchev–Trinajstić information content (AvgIpc) is 3.09. The number of benzene rings is 1. The second kappa shape index (κ2) is 8.79. The van der Waals surface area contributed by atoms with Crippen LogP contribution in [0.2, 0.25) is 0 Å². The largest absolute Gasteiger partial charge is 0.383 e. The number of rotatable bonds is 8. The van der Waals surface area contributed by atoms with Gasteiger partial charge in [0, 0.05) is 25.3 Å². The van der Waals surface area contributed by atoms with Crippen molar-refractivity contribution in [3.8, 4) is 10.6 Å². The Morgan fingerprint density at radius 3 is 2.57 bits per heavy atom. The van der Waals surface area contributed by atoms with E-state index < -0.39 is 0 Å². The van der Waals surface area contributed by atoms with Gasteiger partial charge in [-0.25, -0.2) is 4.98 Å². The molecule has 5 heteroatoms. The molecule has 0 saturated heterocycles. The Morgan fingerprint density at radius 1 is 1.26 bits per heavy atom. The van der Waals surface area contributed by atoms with Gasteiger partial charge in [-0.05, 0) is 12.8 Å². The molecule has 1 aromatic carbocycles. The Bertz CT molecular complexity index is 608. The molecule has 0 saturated carbocycles. The summed E-state index contributed by atoms with van der Waals surface area (Å²) in [6.07, 6.45) is 3.57. The van der Waals surface area contributed by atoms with Crippen molar-refractivity contribution in [1.82, 2.24) is 9.88 Å². The van der Waals surface area contributed by atoms with Crippen molar-refractivity contribution in [2.24, 2.45) is 0 Å². The van der Waals surface area contributed by atoms with Crippen LogP contribution in [-0.4, -0.2) is 42.1 Å². The smallest absolute Gasteiger partial charge is 0.265 e. The highest BCUT2D eigenvalue weighted by Crippen LogP contribution is 2.26. The molecule has 0 bridgehead atoms. The first-order chi connectivity index (χ1) is 11.2. The van der Waals surface area contributed by atoms with E-state index in [9.17, 15) is 4.79 Å². The number of ether oxygens (including phenoxy) is 1. The number of hydrogen-bond donors (Lipinski definition) is 0. The molecule has 0 fully saturated rings. The van der Waals surface area contributed by atoms with Crippen molar-refractivity contribution in [2.45, 2.75) is 32.7 Å². The standard InChI is InChI=1S/C18H24N2O2S/c1-4-15(5-2)20(11-12-22-3)18(21)16-13-19-17(23-16)14-9-7-6-8-10-14/h6-10,13,15H,4-5,11-12H2,1-3H3. The van der Waals surface area contributed by atoms with E-state index in [2.05, 4.69) is 18.8 Å². The maximum absolute atomic E-state index is 12.9. The van der Waals surface area contributed by atoms with Crippen molar-refractivity contribution < 1.29 is 9.53 Å². The number of methoxy groups -OCH3 is 1. The van der Waals surface area contributed by atoms with Gasteiger partial charge in [-0.15, -0.1) is 11.3 Å². The fraction of sp³-hybridized carbons (Fsp3) is 0.444. The molecule has 0 aliphatic heterocycles. The van der Waals surface area contributed by atoms with E-state index in [1.54, 1.807) is 13.3 Å². The van der Waals surface area contributed by atoms with Crippen LogP contribution < -0.4 is 0 Å². The van der Waals surface area contributed by atoms with Gasteiger partial charge >= 0.3 is 0 Å². The summed E-state index contributed by atoms with van der Waals surface area (Å²) in [4.78, 5) is 19.9. The van der Waals surface area contributed by atoms with Gasteiger partial charge in [0.1, 0.15) is 9.88 Å². The summed E-state index contributed by atoms with van der Waals surface area (Å²) in [6.45, 7) is 5.39. The second-order valence-electron chi connectivity index (χ2n) is 5.36. The number of carbonyl (C=O) groups excluding carboxylic acids is 1. The first-order valence-corrected chi connectivity index (χ1v) is 8.84. The van der Waals surface area contributed by atoms with E-state index in [0.29, 0.717) is 18.0 Å². The minimum absolute atomic E-state index is 0.0513. The maximum Gasteiger partial charge on any atom is 0.265 e. The first-order valence-electron chi connectivity index (χ1n) is 8.02. The van der Waals surface area contributed by atoms with Crippen molar-refractivity contribution in [3.05, 3.63) is 41.4 Å². The van der Waals surface area contributed by atoms with Crippen LogP contribution in [0.3, 0.4) is 0 Å². The lowest BCUT2D eigenvalue weighted by Gasteiger charge is -2.29. The van der Waals surface area contributed by atoms with E-state index in [4.69, 9.17) is 4.74 Å². The first kappa shape index (κ1) is 17.6. The molecular formula is C18H24N2O2S. The third-order valence-electron chi connectivity index (χ3n) is 3.92. The lowest BCUT2D eigenvalue weighted by molar-refractivity contribution is 0.0594.